The lowest BCUT2D eigenvalue weighted by atomic mass is 9.75. The maximum atomic E-state index is 4.47. The SMILES string of the molecule is C=CN=C(C)N(C)C(c1ccccc1)(c1ccccc1)c1ccccc1. The molecule has 0 spiro atoms. The fourth-order valence-corrected chi connectivity index (χ4v) is 3.58. The number of aliphatic imine (C=N–C) groups is 1. The van der Waals surface area contributed by atoms with Gasteiger partial charge >= 0.3 is 0 Å². The molecule has 0 amide bonds. The fraction of sp³-hybridized carbons (Fsp3) is 0.125. The van der Waals surface area contributed by atoms with E-state index >= 15 is 0 Å². The average Bonchev–Trinajstić information content (AvgIpc) is 2.71. The van der Waals surface area contributed by atoms with E-state index in [-0.39, 0.29) is 0 Å². The highest BCUT2D eigenvalue weighted by atomic mass is 15.2. The predicted molar refractivity (Wildman–Crippen MR) is 110 cm³/mol. The molecule has 130 valence electrons. The highest BCUT2D eigenvalue weighted by molar-refractivity contribution is 5.82. The molecule has 0 aliphatic carbocycles. The molecule has 0 atom stereocenters. The number of amidine groups is 1. The van der Waals surface area contributed by atoms with E-state index in [1.807, 2.05) is 6.92 Å². The molecule has 26 heavy (non-hydrogen) atoms. The summed E-state index contributed by atoms with van der Waals surface area (Å²) in [6.45, 7) is 5.79. The van der Waals surface area contributed by atoms with Gasteiger partial charge < -0.3 is 4.90 Å². The van der Waals surface area contributed by atoms with Crippen molar-refractivity contribution in [3.8, 4) is 0 Å². The first kappa shape index (κ1) is 17.7. The van der Waals surface area contributed by atoms with Crippen molar-refractivity contribution in [3.05, 3.63) is 120 Å². The van der Waals surface area contributed by atoms with Gasteiger partial charge in [0.05, 0.1) is 0 Å². The lowest BCUT2D eigenvalue weighted by Gasteiger charge is -2.44. The van der Waals surface area contributed by atoms with Crippen LogP contribution in [0.15, 0.2) is 109 Å². The van der Waals surface area contributed by atoms with Crippen LogP contribution in [0.25, 0.3) is 0 Å². The molecule has 3 rings (SSSR count). The van der Waals surface area contributed by atoms with Gasteiger partial charge in [0.15, 0.2) is 0 Å². The highest BCUT2D eigenvalue weighted by Gasteiger charge is 2.40. The van der Waals surface area contributed by atoms with Gasteiger partial charge in [0.1, 0.15) is 11.4 Å². The fourth-order valence-electron chi connectivity index (χ4n) is 3.58. The molecular formula is C24H24N2. The van der Waals surface area contributed by atoms with E-state index in [2.05, 4.69) is 115 Å². The Morgan fingerprint density at radius 3 is 1.42 bits per heavy atom. The number of benzene rings is 3. The van der Waals surface area contributed by atoms with Gasteiger partial charge in [-0.25, -0.2) is 4.99 Å². The van der Waals surface area contributed by atoms with Crippen LogP contribution in [0.4, 0.5) is 0 Å². The Hall–Kier alpha value is -3.13. The van der Waals surface area contributed by atoms with E-state index in [0.29, 0.717) is 0 Å². The van der Waals surface area contributed by atoms with Crippen molar-refractivity contribution in [2.24, 2.45) is 4.99 Å². The van der Waals surface area contributed by atoms with Gasteiger partial charge in [-0.15, -0.1) is 0 Å². The van der Waals surface area contributed by atoms with Crippen molar-refractivity contribution in [1.82, 2.24) is 4.90 Å². The summed E-state index contributed by atoms with van der Waals surface area (Å²) in [5.41, 5.74) is 3.09. The van der Waals surface area contributed by atoms with Crippen LogP contribution >= 0.6 is 0 Å². The van der Waals surface area contributed by atoms with Crippen LogP contribution in [0, 0.1) is 0 Å². The smallest absolute Gasteiger partial charge is 0.117 e. The third-order valence-electron chi connectivity index (χ3n) is 4.84. The largest absolute Gasteiger partial charge is 0.345 e. The van der Waals surface area contributed by atoms with Crippen molar-refractivity contribution >= 4 is 5.84 Å². The summed E-state index contributed by atoms with van der Waals surface area (Å²) < 4.78 is 0. The maximum Gasteiger partial charge on any atom is 0.117 e. The number of hydrogen-bond donors (Lipinski definition) is 0. The summed E-state index contributed by atoms with van der Waals surface area (Å²) in [6.07, 6.45) is 1.59. The summed E-state index contributed by atoms with van der Waals surface area (Å²) >= 11 is 0. The minimum atomic E-state index is -0.486. The van der Waals surface area contributed by atoms with Gasteiger partial charge in [0, 0.05) is 13.2 Å². The third kappa shape index (κ3) is 3.06. The lowest BCUT2D eigenvalue weighted by Crippen LogP contribution is -2.48. The maximum absolute atomic E-state index is 4.47. The molecule has 0 unspecified atom stereocenters. The summed E-state index contributed by atoms with van der Waals surface area (Å²) in [7, 11) is 2.09. The van der Waals surface area contributed by atoms with E-state index < -0.39 is 5.54 Å². The minimum absolute atomic E-state index is 0.486. The number of rotatable bonds is 5. The van der Waals surface area contributed by atoms with Gasteiger partial charge in [0.25, 0.3) is 0 Å². The normalized spacial score (nSPS) is 11.8. The first-order valence-electron chi connectivity index (χ1n) is 8.77. The van der Waals surface area contributed by atoms with Crippen molar-refractivity contribution in [2.45, 2.75) is 12.5 Å². The average molecular weight is 340 g/mol. The Morgan fingerprint density at radius 1 is 0.769 bits per heavy atom. The van der Waals surface area contributed by atoms with Crippen LogP contribution in [-0.2, 0) is 5.54 Å². The Kier molecular flexibility index (Phi) is 5.33. The first-order valence-corrected chi connectivity index (χ1v) is 8.77. The van der Waals surface area contributed by atoms with Gasteiger partial charge in [0.2, 0.25) is 0 Å². The van der Waals surface area contributed by atoms with Crippen molar-refractivity contribution in [1.29, 1.82) is 0 Å². The monoisotopic (exact) mass is 340 g/mol. The van der Waals surface area contributed by atoms with Crippen molar-refractivity contribution in [3.63, 3.8) is 0 Å². The molecule has 0 heterocycles. The zero-order valence-electron chi connectivity index (χ0n) is 15.3. The van der Waals surface area contributed by atoms with Gasteiger partial charge in [-0.2, -0.15) is 0 Å². The van der Waals surface area contributed by atoms with Gasteiger partial charge in [-0.05, 0) is 23.6 Å². The second kappa shape index (κ2) is 7.83. The van der Waals surface area contributed by atoms with E-state index in [0.717, 1.165) is 5.84 Å². The molecule has 0 bridgehead atoms. The molecule has 0 N–H and O–H groups in total. The topological polar surface area (TPSA) is 15.6 Å². The Morgan fingerprint density at radius 2 is 1.12 bits per heavy atom. The molecule has 2 nitrogen and oxygen atoms in total. The minimum Gasteiger partial charge on any atom is -0.345 e. The predicted octanol–water partition coefficient (Wildman–Crippen LogP) is 5.47. The second-order valence-corrected chi connectivity index (χ2v) is 6.23. The van der Waals surface area contributed by atoms with Gasteiger partial charge in [-0.1, -0.05) is 97.6 Å². The number of nitrogens with zero attached hydrogens (tertiary/aromatic N) is 2. The summed E-state index contributed by atoms with van der Waals surface area (Å²) in [6, 6.07) is 31.7. The summed E-state index contributed by atoms with van der Waals surface area (Å²) in [4.78, 5) is 6.70. The van der Waals surface area contributed by atoms with Crippen LogP contribution < -0.4 is 0 Å². The van der Waals surface area contributed by atoms with Crippen LogP contribution in [0.5, 0.6) is 0 Å². The number of hydrogen-bond acceptors (Lipinski definition) is 1. The quantitative estimate of drug-likeness (QED) is 0.341. The van der Waals surface area contributed by atoms with Crippen molar-refractivity contribution in [2.75, 3.05) is 7.05 Å². The summed E-state index contributed by atoms with van der Waals surface area (Å²) in [5.74, 6) is 0.900. The third-order valence-corrected chi connectivity index (χ3v) is 4.84. The molecule has 0 saturated carbocycles. The van der Waals surface area contributed by atoms with Crippen LogP contribution in [0.2, 0.25) is 0 Å². The zero-order chi connectivity index (χ0) is 18.4. The lowest BCUT2D eigenvalue weighted by molar-refractivity contribution is 0.314. The molecule has 3 aromatic carbocycles. The van der Waals surface area contributed by atoms with Crippen molar-refractivity contribution < 1.29 is 0 Å². The molecule has 0 radical (unpaired) electrons. The van der Waals surface area contributed by atoms with Crippen LogP contribution in [-0.4, -0.2) is 17.8 Å². The molecule has 0 saturated heterocycles. The molecule has 2 heteroatoms. The van der Waals surface area contributed by atoms with Gasteiger partial charge in [-0.3, -0.25) is 0 Å². The Bertz CT molecular complexity index is 771. The highest BCUT2D eigenvalue weighted by Crippen LogP contribution is 2.41. The molecule has 0 aromatic heterocycles. The molecule has 0 aliphatic heterocycles. The summed E-state index contributed by atoms with van der Waals surface area (Å²) in [5, 5.41) is 0. The Labute approximate surface area is 156 Å². The molecule has 3 aromatic rings. The second-order valence-electron chi connectivity index (χ2n) is 6.23. The van der Waals surface area contributed by atoms with E-state index in [1.54, 1.807) is 6.20 Å². The zero-order valence-corrected chi connectivity index (χ0v) is 15.3. The molecular weight excluding hydrogens is 316 g/mol. The standard InChI is InChI=1S/C24H24N2/c1-4-25-20(2)26(3)24(21-14-8-5-9-15-21,22-16-10-6-11-17-22)23-18-12-7-13-19-23/h4-19H,1H2,2-3H3. The van der Waals surface area contributed by atoms with E-state index in [4.69, 9.17) is 0 Å². The molecule has 0 fully saturated rings. The molecule has 0 aliphatic rings. The van der Waals surface area contributed by atoms with E-state index in [9.17, 15) is 0 Å². The first-order chi connectivity index (χ1) is 12.7. The van der Waals surface area contributed by atoms with E-state index in [1.165, 1.54) is 16.7 Å². The van der Waals surface area contributed by atoms with Crippen LogP contribution in [0.1, 0.15) is 23.6 Å². The van der Waals surface area contributed by atoms with Crippen LogP contribution in [0.3, 0.4) is 0 Å². The Balaban J connectivity index is 2.39.